The van der Waals surface area contributed by atoms with Crippen molar-refractivity contribution in [2.45, 2.75) is 45.4 Å². The van der Waals surface area contributed by atoms with E-state index >= 15 is 0 Å². The number of aryl methyl sites for hydroxylation is 1. The number of hydrogen-bond acceptors (Lipinski definition) is 6. The smallest absolute Gasteiger partial charge is 0.119 e. The fourth-order valence-electron chi connectivity index (χ4n) is 5.84. The van der Waals surface area contributed by atoms with E-state index < -0.39 is 0 Å². The van der Waals surface area contributed by atoms with Gasteiger partial charge in [0.05, 0.1) is 13.2 Å². The Hall–Kier alpha value is -3.64. The van der Waals surface area contributed by atoms with E-state index in [0.29, 0.717) is 6.61 Å². The SMILES string of the molecule is C=C(c1ccc(OCC2=CC(N3CCCC3)=CC=C(N3CCOCC3)C2)cc1)N(C)c1cc(N)ccc1CCCC. The van der Waals surface area contributed by atoms with Crippen LogP contribution in [0.1, 0.15) is 50.2 Å². The molecular weight excluding hydrogens is 508 g/mol. The molecule has 2 aromatic carbocycles. The van der Waals surface area contributed by atoms with Crippen LogP contribution in [0, 0.1) is 0 Å². The number of allylic oxidation sites excluding steroid dienone is 4. The van der Waals surface area contributed by atoms with Crippen molar-refractivity contribution < 1.29 is 9.47 Å². The second-order valence-corrected chi connectivity index (χ2v) is 11.3. The van der Waals surface area contributed by atoms with Crippen LogP contribution in [-0.2, 0) is 11.2 Å². The third-order valence-electron chi connectivity index (χ3n) is 8.38. The number of nitrogen functional groups attached to an aromatic ring is 1. The van der Waals surface area contributed by atoms with Crippen LogP contribution in [0.25, 0.3) is 5.70 Å². The molecule has 2 saturated heterocycles. The van der Waals surface area contributed by atoms with Crippen LogP contribution in [0.5, 0.6) is 5.75 Å². The minimum absolute atomic E-state index is 0.567. The number of benzene rings is 2. The normalized spacial score (nSPS) is 17.5. The lowest BCUT2D eigenvalue weighted by molar-refractivity contribution is 0.0525. The third-order valence-corrected chi connectivity index (χ3v) is 8.38. The number of rotatable bonds is 11. The maximum absolute atomic E-state index is 6.36. The Balaban J connectivity index is 1.26. The molecular formula is C35H46N4O2. The summed E-state index contributed by atoms with van der Waals surface area (Å²) in [6.45, 7) is 12.9. The highest BCUT2D eigenvalue weighted by molar-refractivity contribution is 5.80. The minimum atomic E-state index is 0.567. The van der Waals surface area contributed by atoms with Gasteiger partial charge in [0.25, 0.3) is 0 Å². The first-order valence-corrected chi connectivity index (χ1v) is 15.2. The summed E-state index contributed by atoms with van der Waals surface area (Å²) in [5.74, 6) is 0.866. The monoisotopic (exact) mass is 554 g/mol. The number of anilines is 2. The van der Waals surface area contributed by atoms with E-state index in [9.17, 15) is 0 Å². The van der Waals surface area contributed by atoms with Gasteiger partial charge in [-0.05, 0) is 97.0 Å². The van der Waals surface area contributed by atoms with E-state index in [1.807, 2.05) is 6.07 Å². The van der Waals surface area contributed by atoms with Crippen molar-refractivity contribution in [2.75, 3.05) is 63.7 Å². The van der Waals surface area contributed by atoms with Crippen LogP contribution < -0.4 is 15.4 Å². The molecule has 2 fully saturated rings. The molecule has 41 heavy (non-hydrogen) atoms. The molecule has 0 aromatic heterocycles. The summed E-state index contributed by atoms with van der Waals surface area (Å²) in [5, 5.41) is 0. The van der Waals surface area contributed by atoms with Crippen LogP contribution in [0.15, 0.2) is 84.2 Å². The maximum Gasteiger partial charge on any atom is 0.119 e. The molecule has 0 saturated carbocycles. The van der Waals surface area contributed by atoms with Gasteiger partial charge in [-0.1, -0.05) is 26.0 Å². The van der Waals surface area contributed by atoms with Crippen molar-refractivity contribution in [1.82, 2.24) is 9.80 Å². The largest absolute Gasteiger partial charge is 0.489 e. The molecule has 2 aromatic rings. The summed E-state index contributed by atoms with van der Waals surface area (Å²) in [6.07, 6.45) is 13.7. The summed E-state index contributed by atoms with van der Waals surface area (Å²) in [5.41, 5.74) is 15.3. The van der Waals surface area contributed by atoms with Crippen LogP contribution in [0.4, 0.5) is 11.4 Å². The maximum atomic E-state index is 6.36. The first-order chi connectivity index (χ1) is 20.0. The predicted octanol–water partition coefficient (Wildman–Crippen LogP) is 6.62. The van der Waals surface area contributed by atoms with Gasteiger partial charge in [0.2, 0.25) is 0 Å². The van der Waals surface area contributed by atoms with Gasteiger partial charge in [0.15, 0.2) is 0 Å². The zero-order valence-electron chi connectivity index (χ0n) is 24.9. The highest BCUT2D eigenvalue weighted by Crippen LogP contribution is 2.31. The van der Waals surface area contributed by atoms with E-state index in [4.69, 9.17) is 15.2 Å². The number of hydrogen-bond donors (Lipinski definition) is 1. The van der Waals surface area contributed by atoms with Gasteiger partial charge in [0.1, 0.15) is 12.4 Å². The summed E-state index contributed by atoms with van der Waals surface area (Å²) in [4.78, 5) is 7.12. The third kappa shape index (κ3) is 7.36. The molecule has 2 heterocycles. The van der Waals surface area contributed by atoms with Crippen molar-refractivity contribution in [3.63, 3.8) is 0 Å². The fourth-order valence-corrected chi connectivity index (χ4v) is 5.84. The van der Waals surface area contributed by atoms with Crippen molar-refractivity contribution in [3.05, 3.63) is 95.4 Å². The predicted molar refractivity (Wildman–Crippen MR) is 171 cm³/mol. The van der Waals surface area contributed by atoms with Gasteiger partial charge in [-0.25, -0.2) is 0 Å². The molecule has 1 aliphatic carbocycles. The number of likely N-dealkylation sites (tertiary alicyclic amines) is 1. The van der Waals surface area contributed by atoms with E-state index in [2.05, 4.69) is 89.9 Å². The second kappa shape index (κ2) is 13.8. The van der Waals surface area contributed by atoms with Gasteiger partial charge >= 0.3 is 0 Å². The van der Waals surface area contributed by atoms with Crippen molar-refractivity contribution in [2.24, 2.45) is 0 Å². The van der Waals surface area contributed by atoms with Crippen LogP contribution in [0.2, 0.25) is 0 Å². The quantitative estimate of drug-likeness (QED) is 0.315. The van der Waals surface area contributed by atoms with Crippen LogP contribution in [-0.4, -0.2) is 62.8 Å². The van der Waals surface area contributed by atoms with Gasteiger partial charge in [0, 0.05) is 68.1 Å². The molecule has 6 heteroatoms. The Labute approximate surface area is 246 Å². The first-order valence-electron chi connectivity index (χ1n) is 15.2. The zero-order valence-corrected chi connectivity index (χ0v) is 24.9. The minimum Gasteiger partial charge on any atom is -0.489 e. The Morgan fingerprint density at radius 2 is 1.76 bits per heavy atom. The molecule has 3 aliphatic rings. The van der Waals surface area contributed by atoms with Crippen molar-refractivity contribution >= 4 is 17.1 Å². The molecule has 218 valence electrons. The van der Waals surface area contributed by atoms with Crippen LogP contribution >= 0.6 is 0 Å². The number of morpholine rings is 1. The Kier molecular flexibility index (Phi) is 9.73. The van der Waals surface area contributed by atoms with E-state index in [-0.39, 0.29) is 0 Å². The van der Waals surface area contributed by atoms with Crippen molar-refractivity contribution in [1.29, 1.82) is 0 Å². The summed E-state index contributed by atoms with van der Waals surface area (Å²) >= 11 is 0. The lowest BCUT2D eigenvalue weighted by Crippen LogP contribution is -2.35. The molecule has 6 nitrogen and oxygen atoms in total. The number of unbranched alkanes of at least 4 members (excludes halogenated alkanes) is 1. The Bertz CT molecular complexity index is 1280. The Morgan fingerprint density at radius 3 is 2.49 bits per heavy atom. The molecule has 0 amide bonds. The van der Waals surface area contributed by atoms with Crippen molar-refractivity contribution in [3.8, 4) is 5.75 Å². The molecule has 0 bridgehead atoms. The highest BCUT2D eigenvalue weighted by atomic mass is 16.5. The molecule has 2 N–H and O–H groups in total. The Morgan fingerprint density at radius 1 is 1.00 bits per heavy atom. The lowest BCUT2D eigenvalue weighted by atomic mass is 10.0. The van der Waals surface area contributed by atoms with Gasteiger partial charge in [-0.2, -0.15) is 0 Å². The lowest BCUT2D eigenvalue weighted by Gasteiger charge is -2.31. The topological polar surface area (TPSA) is 54.2 Å². The van der Waals surface area contributed by atoms with Gasteiger partial charge < -0.3 is 29.9 Å². The summed E-state index contributed by atoms with van der Waals surface area (Å²) < 4.78 is 12.0. The number of nitrogens with two attached hydrogens (primary N) is 1. The van der Waals surface area contributed by atoms with E-state index in [1.54, 1.807) is 0 Å². The molecule has 5 rings (SSSR count). The van der Waals surface area contributed by atoms with E-state index in [1.165, 1.54) is 35.4 Å². The standard InChI is InChI=1S/C35H46N4O2/c1-4-5-8-30-9-12-31(36)25-35(30)37(3)27(2)29-10-15-34(16-11-29)41-26-28-23-32(38-17-6-7-18-38)13-14-33(24-28)39-19-21-40-22-20-39/h9-16,23,25H,2,4-8,17-22,24,26,36H2,1,3H3. The molecule has 0 atom stereocenters. The molecule has 0 radical (unpaired) electrons. The molecule has 2 aliphatic heterocycles. The molecule has 0 spiro atoms. The summed E-state index contributed by atoms with van der Waals surface area (Å²) in [6, 6.07) is 14.5. The zero-order chi connectivity index (χ0) is 28.6. The van der Waals surface area contributed by atoms with E-state index in [0.717, 1.165) is 93.5 Å². The number of ether oxygens (including phenoxy) is 2. The molecule has 0 unspecified atom stereocenters. The van der Waals surface area contributed by atoms with Gasteiger partial charge in [-0.3, -0.25) is 0 Å². The number of nitrogens with zero attached hydrogens (tertiary/aromatic N) is 3. The first kappa shape index (κ1) is 28.9. The van der Waals surface area contributed by atoms with Crippen LogP contribution in [0.3, 0.4) is 0 Å². The second-order valence-electron chi connectivity index (χ2n) is 11.3. The highest BCUT2D eigenvalue weighted by Gasteiger charge is 2.20. The fraction of sp³-hybridized carbons (Fsp3) is 0.429. The summed E-state index contributed by atoms with van der Waals surface area (Å²) in [7, 11) is 2.07. The average molecular weight is 555 g/mol. The average Bonchev–Trinajstić information content (AvgIpc) is 3.46. The van der Waals surface area contributed by atoms with Gasteiger partial charge in [-0.15, -0.1) is 0 Å².